The molecule has 7 nitrogen and oxygen atoms in total. The fourth-order valence-corrected chi connectivity index (χ4v) is 3.85. The van der Waals surface area contributed by atoms with Crippen molar-refractivity contribution in [2.75, 3.05) is 24.2 Å². The third kappa shape index (κ3) is 4.16. The van der Waals surface area contributed by atoms with Crippen LogP contribution in [0.25, 0.3) is 0 Å². The summed E-state index contributed by atoms with van der Waals surface area (Å²) in [5.74, 6) is 0.723. The number of sulfonamides is 1. The highest BCUT2D eigenvalue weighted by Gasteiger charge is 2.35. The van der Waals surface area contributed by atoms with E-state index in [9.17, 15) is 13.2 Å². The molecule has 1 aliphatic heterocycles. The van der Waals surface area contributed by atoms with Crippen molar-refractivity contribution in [2.24, 2.45) is 0 Å². The third-order valence-electron chi connectivity index (χ3n) is 4.40. The molecule has 0 saturated carbocycles. The Hall–Kier alpha value is -2.74. The molecule has 0 spiro atoms. The summed E-state index contributed by atoms with van der Waals surface area (Å²) in [5.41, 5.74) is 1.34. The molecule has 0 bridgehead atoms. The zero-order valence-corrected chi connectivity index (χ0v) is 16.2. The predicted octanol–water partition coefficient (Wildman–Crippen LogP) is 2.10. The molecule has 3 rings (SSSR count). The maximum atomic E-state index is 12.7. The standard InChI is InChI=1S/C19H22N2O5S/c1-13(14-8-10-15(25-2)11-9-14)20-19(22)18-12-21(27(3,23)24)16-6-4-5-7-17(16)26-18/h4-11,13,18H,12H2,1-3H3,(H,20,22)/t13-,18+/m1/s1. The van der Waals surface area contributed by atoms with Gasteiger partial charge in [0, 0.05) is 0 Å². The van der Waals surface area contributed by atoms with Crippen LogP contribution >= 0.6 is 0 Å². The van der Waals surface area contributed by atoms with Crippen molar-refractivity contribution in [3.8, 4) is 11.5 Å². The zero-order chi connectivity index (χ0) is 19.6. The molecule has 0 fully saturated rings. The molecule has 1 N–H and O–H groups in total. The van der Waals surface area contributed by atoms with E-state index in [-0.39, 0.29) is 18.5 Å². The van der Waals surface area contributed by atoms with E-state index < -0.39 is 16.1 Å². The van der Waals surface area contributed by atoms with E-state index >= 15 is 0 Å². The van der Waals surface area contributed by atoms with Crippen LogP contribution in [0.5, 0.6) is 11.5 Å². The first kappa shape index (κ1) is 19.0. The van der Waals surface area contributed by atoms with Crippen molar-refractivity contribution in [1.82, 2.24) is 5.32 Å². The van der Waals surface area contributed by atoms with E-state index in [1.165, 1.54) is 4.31 Å². The minimum atomic E-state index is -3.53. The number of fused-ring (bicyclic) bond motifs is 1. The Morgan fingerprint density at radius 3 is 2.52 bits per heavy atom. The quantitative estimate of drug-likeness (QED) is 0.845. The highest BCUT2D eigenvalue weighted by Crippen LogP contribution is 2.34. The lowest BCUT2D eigenvalue weighted by atomic mass is 10.1. The maximum Gasteiger partial charge on any atom is 0.263 e. The number of para-hydroxylation sites is 2. The molecule has 27 heavy (non-hydrogen) atoms. The molecular formula is C19H22N2O5S. The molecule has 0 radical (unpaired) electrons. The van der Waals surface area contributed by atoms with Crippen LogP contribution in [-0.2, 0) is 14.8 Å². The summed E-state index contributed by atoms with van der Waals surface area (Å²) in [6.07, 6.45) is 0.180. The van der Waals surface area contributed by atoms with Crippen LogP contribution in [0.1, 0.15) is 18.5 Å². The summed E-state index contributed by atoms with van der Waals surface area (Å²) in [6, 6.07) is 13.9. The van der Waals surface area contributed by atoms with Gasteiger partial charge in [0.05, 0.1) is 31.6 Å². The van der Waals surface area contributed by atoms with E-state index in [1.54, 1.807) is 31.4 Å². The Balaban J connectivity index is 1.76. The molecule has 1 aliphatic rings. The lowest BCUT2D eigenvalue weighted by Gasteiger charge is -2.34. The fraction of sp³-hybridized carbons (Fsp3) is 0.316. The van der Waals surface area contributed by atoms with Crippen LogP contribution in [0.15, 0.2) is 48.5 Å². The highest BCUT2D eigenvalue weighted by molar-refractivity contribution is 7.92. The Morgan fingerprint density at radius 2 is 1.89 bits per heavy atom. The second kappa shape index (κ2) is 7.48. The molecule has 0 aliphatic carbocycles. The van der Waals surface area contributed by atoms with Gasteiger partial charge in [0.15, 0.2) is 6.10 Å². The topological polar surface area (TPSA) is 84.9 Å². The summed E-state index contributed by atoms with van der Waals surface area (Å²) < 4.78 is 36.4. The van der Waals surface area contributed by atoms with Crippen molar-refractivity contribution >= 4 is 21.6 Å². The van der Waals surface area contributed by atoms with E-state index in [0.717, 1.165) is 17.6 Å². The van der Waals surface area contributed by atoms with E-state index in [2.05, 4.69) is 5.32 Å². The predicted molar refractivity (Wildman–Crippen MR) is 103 cm³/mol. The van der Waals surface area contributed by atoms with Crippen LogP contribution in [0, 0.1) is 0 Å². The maximum absolute atomic E-state index is 12.7. The summed E-state index contributed by atoms with van der Waals surface area (Å²) >= 11 is 0. The number of hydrogen-bond acceptors (Lipinski definition) is 5. The smallest absolute Gasteiger partial charge is 0.263 e. The van der Waals surface area contributed by atoms with Crippen molar-refractivity contribution in [3.05, 3.63) is 54.1 Å². The lowest BCUT2D eigenvalue weighted by Crippen LogP contribution is -2.50. The Morgan fingerprint density at radius 1 is 1.22 bits per heavy atom. The van der Waals surface area contributed by atoms with Crippen molar-refractivity contribution < 1.29 is 22.7 Å². The monoisotopic (exact) mass is 390 g/mol. The van der Waals surface area contributed by atoms with Gasteiger partial charge in [-0.1, -0.05) is 24.3 Å². The lowest BCUT2D eigenvalue weighted by molar-refractivity contribution is -0.128. The molecular weight excluding hydrogens is 368 g/mol. The summed E-state index contributed by atoms with van der Waals surface area (Å²) in [7, 11) is -1.95. The number of methoxy groups -OCH3 is 1. The van der Waals surface area contributed by atoms with Crippen LogP contribution in [0.2, 0.25) is 0 Å². The van der Waals surface area contributed by atoms with Gasteiger partial charge in [-0.3, -0.25) is 9.10 Å². The van der Waals surface area contributed by atoms with Gasteiger partial charge < -0.3 is 14.8 Å². The number of amides is 1. The molecule has 2 aromatic rings. The van der Waals surface area contributed by atoms with Gasteiger partial charge in [-0.15, -0.1) is 0 Å². The third-order valence-corrected chi connectivity index (χ3v) is 5.55. The van der Waals surface area contributed by atoms with Crippen molar-refractivity contribution in [3.63, 3.8) is 0 Å². The SMILES string of the molecule is COc1ccc([C@@H](C)NC(=O)[C@@H]2CN(S(C)(=O)=O)c3ccccc3O2)cc1. The second-order valence-corrected chi connectivity index (χ2v) is 8.28. The summed E-state index contributed by atoms with van der Waals surface area (Å²) in [5, 5.41) is 2.88. The molecule has 0 unspecified atom stereocenters. The molecule has 2 atom stereocenters. The van der Waals surface area contributed by atoms with E-state index in [0.29, 0.717) is 11.4 Å². The number of benzene rings is 2. The second-order valence-electron chi connectivity index (χ2n) is 6.37. The van der Waals surface area contributed by atoms with Crippen LogP contribution in [0.3, 0.4) is 0 Å². The number of ether oxygens (including phenoxy) is 2. The number of carbonyl (C=O) groups is 1. The average Bonchev–Trinajstić information content (AvgIpc) is 2.66. The van der Waals surface area contributed by atoms with Gasteiger partial charge in [0.1, 0.15) is 11.5 Å². The van der Waals surface area contributed by atoms with Gasteiger partial charge in [0.25, 0.3) is 5.91 Å². The molecule has 0 aromatic heterocycles. The highest BCUT2D eigenvalue weighted by atomic mass is 32.2. The van der Waals surface area contributed by atoms with Crippen LogP contribution in [-0.4, -0.2) is 40.3 Å². The first-order valence-electron chi connectivity index (χ1n) is 8.47. The van der Waals surface area contributed by atoms with E-state index in [1.807, 2.05) is 31.2 Å². The molecule has 1 amide bonds. The molecule has 144 valence electrons. The van der Waals surface area contributed by atoms with Crippen molar-refractivity contribution in [2.45, 2.75) is 19.1 Å². The minimum absolute atomic E-state index is 0.0724. The van der Waals surface area contributed by atoms with Gasteiger partial charge in [-0.25, -0.2) is 8.42 Å². The largest absolute Gasteiger partial charge is 0.497 e. The fourth-order valence-electron chi connectivity index (χ4n) is 2.94. The number of nitrogens with zero attached hydrogens (tertiary/aromatic N) is 1. The normalized spacial score (nSPS) is 17.4. The van der Waals surface area contributed by atoms with Crippen LogP contribution in [0.4, 0.5) is 5.69 Å². The van der Waals surface area contributed by atoms with E-state index in [4.69, 9.17) is 9.47 Å². The minimum Gasteiger partial charge on any atom is -0.497 e. The average molecular weight is 390 g/mol. The number of rotatable bonds is 5. The number of hydrogen-bond donors (Lipinski definition) is 1. The molecule has 8 heteroatoms. The summed E-state index contributed by atoms with van der Waals surface area (Å²) in [4.78, 5) is 12.7. The Bertz CT molecular complexity index is 927. The van der Waals surface area contributed by atoms with Gasteiger partial charge in [0.2, 0.25) is 10.0 Å². The van der Waals surface area contributed by atoms with Gasteiger partial charge in [-0.05, 0) is 36.8 Å². The number of anilines is 1. The van der Waals surface area contributed by atoms with Gasteiger partial charge >= 0.3 is 0 Å². The molecule has 2 aromatic carbocycles. The first-order chi connectivity index (χ1) is 12.8. The Kier molecular flexibility index (Phi) is 5.27. The number of carbonyl (C=O) groups excluding carboxylic acids is 1. The summed E-state index contributed by atoms with van der Waals surface area (Å²) in [6.45, 7) is 1.78. The Labute approximate surface area is 158 Å². The first-order valence-corrected chi connectivity index (χ1v) is 10.3. The molecule has 0 saturated heterocycles. The van der Waals surface area contributed by atoms with Gasteiger partial charge in [-0.2, -0.15) is 0 Å². The number of nitrogens with one attached hydrogen (secondary N) is 1. The zero-order valence-electron chi connectivity index (χ0n) is 15.4. The van der Waals surface area contributed by atoms with Crippen molar-refractivity contribution in [1.29, 1.82) is 0 Å². The van der Waals surface area contributed by atoms with Crippen LogP contribution < -0.4 is 19.1 Å². The molecule has 1 heterocycles.